The first-order valence-corrected chi connectivity index (χ1v) is 6.14. The van der Waals surface area contributed by atoms with Gasteiger partial charge in [-0.15, -0.1) is 0 Å². The van der Waals surface area contributed by atoms with Gasteiger partial charge in [-0.05, 0) is 34.6 Å². The lowest BCUT2D eigenvalue weighted by atomic mass is 10.1. The van der Waals surface area contributed by atoms with Crippen molar-refractivity contribution >= 4 is 12.0 Å². The zero-order valence-corrected chi connectivity index (χ0v) is 11.8. The maximum absolute atomic E-state index is 11.7. The molecule has 1 saturated heterocycles. The fourth-order valence-electron chi connectivity index (χ4n) is 1.68. The molecule has 1 aliphatic rings. The van der Waals surface area contributed by atoms with Crippen LogP contribution in [0, 0.1) is 0 Å². The summed E-state index contributed by atoms with van der Waals surface area (Å²) in [6, 6.07) is 0. The molecule has 104 valence electrons. The van der Waals surface area contributed by atoms with E-state index >= 15 is 0 Å². The fourth-order valence-corrected chi connectivity index (χ4v) is 1.68. The number of carbonyl (C=O) groups is 2. The Hall–Kier alpha value is -1.30. The van der Waals surface area contributed by atoms with Gasteiger partial charge in [-0.25, -0.2) is 10.2 Å². The van der Waals surface area contributed by atoms with Crippen LogP contribution in [0.5, 0.6) is 0 Å². The number of nitrogens with one attached hydrogen (secondary N) is 2. The molecule has 0 saturated carbocycles. The topological polar surface area (TPSA) is 70.7 Å². The Kier molecular flexibility index (Phi) is 4.21. The van der Waals surface area contributed by atoms with Crippen LogP contribution >= 0.6 is 0 Å². The second-order valence-corrected chi connectivity index (χ2v) is 6.15. The van der Waals surface area contributed by atoms with Gasteiger partial charge in [0.15, 0.2) is 0 Å². The molecule has 0 aromatic rings. The SMILES string of the molecule is CC(C)(CN1NCCC1=O)NC(=O)OC(C)(C)C. The number of hydrazine groups is 1. The lowest BCUT2D eigenvalue weighted by Gasteiger charge is -2.32. The predicted octanol–water partition coefficient (Wildman–Crippen LogP) is 1.03. The third-order valence-corrected chi connectivity index (χ3v) is 2.34. The van der Waals surface area contributed by atoms with Crippen molar-refractivity contribution in [1.82, 2.24) is 15.8 Å². The van der Waals surface area contributed by atoms with Gasteiger partial charge in [0.2, 0.25) is 5.91 Å². The van der Waals surface area contributed by atoms with Gasteiger partial charge in [0, 0.05) is 13.0 Å². The molecule has 0 aromatic heterocycles. The molecule has 2 amide bonds. The van der Waals surface area contributed by atoms with Crippen molar-refractivity contribution in [3.63, 3.8) is 0 Å². The predicted molar refractivity (Wildman–Crippen MR) is 67.8 cm³/mol. The Morgan fingerprint density at radius 1 is 1.39 bits per heavy atom. The number of hydrogen-bond donors (Lipinski definition) is 2. The summed E-state index contributed by atoms with van der Waals surface area (Å²) < 4.78 is 5.19. The zero-order chi connectivity index (χ0) is 14.0. The largest absolute Gasteiger partial charge is 0.444 e. The molecule has 0 bridgehead atoms. The third-order valence-electron chi connectivity index (χ3n) is 2.34. The van der Waals surface area contributed by atoms with Gasteiger partial charge in [0.05, 0.1) is 12.1 Å². The van der Waals surface area contributed by atoms with E-state index in [-0.39, 0.29) is 5.91 Å². The molecule has 0 aliphatic carbocycles. The minimum absolute atomic E-state index is 0.0501. The van der Waals surface area contributed by atoms with E-state index in [0.29, 0.717) is 19.5 Å². The van der Waals surface area contributed by atoms with Gasteiger partial charge in [-0.1, -0.05) is 0 Å². The molecule has 0 spiro atoms. The number of carbonyl (C=O) groups excluding carboxylic acids is 2. The molecule has 0 radical (unpaired) electrons. The summed E-state index contributed by atoms with van der Waals surface area (Å²) in [4.78, 5) is 23.2. The number of alkyl carbamates (subject to hydrolysis) is 1. The molecule has 0 atom stereocenters. The van der Waals surface area contributed by atoms with Gasteiger partial charge < -0.3 is 10.1 Å². The Labute approximate surface area is 108 Å². The standard InChI is InChI=1S/C12H23N3O3/c1-11(2,3)18-10(17)14-12(4,5)8-15-9(16)6-7-13-15/h13H,6-8H2,1-5H3,(H,14,17). The first kappa shape index (κ1) is 14.8. The molecule has 0 unspecified atom stereocenters. The van der Waals surface area contributed by atoms with Crippen molar-refractivity contribution in [3.05, 3.63) is 0 Å². The van der Waals surface area contributed by atoms with E-state index in [1.165, 1.54) is 5.01 Å². The van der Waals surface area contributed by atoms with Crippen molar-refractivity contribution in [1.29, 1.82) is 0 Å². The Morgan fingerprint density at radius 2 is 2.00 bits per heavy atom. The maximum atomic E-state index is 11.7. The molecule has 1 aliphatic heterocycles. The molecular weight excluding hydrogens is 234 g/mol. The zero-order valence-electron chi connectivity index (χ0n) is 11.8. The summed E-state index contributed by atoms with van der Waals surface area (Å²) in [6.07, 6.45) is 0.0295. The van der Waals surface area contributed by atoms with E-state index in [2.05, 4.69) is 10.7 Å². The van der Waals surface area contributed by atoms with Crippen molar-refractivity contribution in [2.24, 2.45) is 0 Å². The van der Waals surface area contributed by atoms with Crippen LogP contribution in [0.15, 0.2) is 0 Å². The van der Waals surface area contributed by atoms with Gasteiger partial charge in [0.1, 0.15) is 5.60 Å². The number of rotatable bonds is 3. The minimum Gasteiger partial charge on any atom is -0.444 e. The van der Waals surface area contributed by atoms with Crippen molar-refractivity contribution < 1.29 is 14.3 Å². The Morgan fingerprint density at radius 3 is 2.44 bits per heavy atom. The van der Waals surface area contributed by atoms with Gasteiger partial charge in [-0.3, -0.25) is 9.80 Å². The van der Waals surface area contributed by atoms with Gasteiger partial charge in [-0.2, -0.15) is 0 Å². The van der Waals surface area contributed by atoms with Crippen LogP contribution in [0.1, 0.15) is 41.0 Å². The first-order chi connectivity index (χ1) is 8.09. The molecule has 6 nitrogen and oxygen atoms in total. The highest BCUT2D eigenvalue weighted by atomic mass is 16.6. The van der Waals surface area contributed by atoms with E-state index in [4.69, 9.17) is 4.74 Å². The van der Waals surface area contributed by atoms with Crippen molar-refractivity contribution in [3.8, 4) is 0 Å². The fraction of sp³-hybridized carbons (Fsp3) is 0.833. The molecule has 1 rings (SSSR count). The summed E-state index contributed by atoms with van der Waals surface area (Å²) in [7, 11) is 0. The first-order valence-electron chi connectivity index (χ1n) is 6.14. The number of nitrogens with zero attached hydrogens (tertiary/aromatic N) is 1. The summed E-state index contributed by atoms with van der Waals surface area (Å²) >= 11 is 0. The van der Waals surface area contributed by atoms with Gasteiger partial charge >= 0.3 is 6.09 Å². The average Bonchev–Trinajstić information content (AvgIpc) is 2.45. The highest BCUT2D eigenvalue weighted by molar-refractivity contribution is 5.77. The molecule has 2 N–H and O–H groups in total. The average molecular weight is 257 g/mol. The molecule has 18 heavy (non-hydrogen) atoms. The van der Waals surface area contributed by atoms with E-state index in [9.17, 15) is 9.59 Å². The maximum Gasteiger partial charge on any atom is 0.408 e. The normalized spacial score (nSPS) is 16.9. The lowest BCUT2D eigenvalue weighted by molar-refractivity contribution is -0.130. The van der Waals surface area contributed by atoms with Crippen molar-refractivity contribution in [2.75, 3.05) is 13.1 Å². The number of ether oxygens (including phenoxy) is 1. The highest BCUT2D eigenvalue weighted by Crippen LogP contribution is 2.11. The number of hydrogen-bond acceptors (Lipinski definition) is 4. The van der Waals surface area contributed by atoms with Crippen molar-refractivity contribution in [2.45, 2.75) is 52.2 Å². The Bertz CT molecular complexity index is 334. The van der Waals surface area contributed by atoms with Crippen LogP contribution in [-0.4, -0.2) is 41.2 Å². The highest BCUT2D eigenvalue weighted by Gasteiger charge is 2.30. The second-order valence-electron chi connectivity index (χ2n) is 6.15. The molecular formula is C12H23N3O3. The summed E-state index contributed by atoms with van der Waals surface area (Å²) in [5, 5.41) is 4.30. The van der Waals surface area contributed by atoms with Crippen LogP contribution in [0.2, 0.25) is 0 Å². The smallest absolute Gasteiger partial charge is 0.408 e. The van der Waals surface area contributed by atoms with Crippen LogP contribution in [0.3, 0.4) is 0 Å². The van der Waals surface area contributed by atoms with E-state index < -0.39 is 17.2 Å². The van der Waals surface area contributed by atoms with E-state index in [1.807, 2.05) is 34.6 Å². The molecule has 0 aromatic carbocycles. The Balaban J connectivity index is 2.48. The van der Waals surface area contributed by atoms with Crippen LogP contribution in [-0.2, 0) is 9.53 Å². The monoisotopic (exact) mass is 257 g/mol. The quantitative estimate of drug-likeness (QED) is 0.792. The van der Waals surface area contributed by atoms with Crippen LogP contribution in [0.25, 0.3) is 0 Å². The van der Waals surface area contributed by atoms with Crippen LogP contribution in [0.4, 0.5) is 4.79 Å². The van der Waals surface area contributed by atoms with E-state index in [1.54, 1.807) is 0 Å². The molecule has 1 heterocycles. The number of amides is 2. The summed E-state index contributed by atoms with van der Waals surface area (Å²) in [5.41, 5.74) is 1.90. The summed E-state index contributed by atoms with van der Waals surface area (Å²) in [5.74, 6) is 0.0501. The second kappa shape index (κ2) is 5.14. The summed E-state index contributed by atoms with van der Waals surface area (Å²) in [6.45, 7) is 10.2. The molecule has 1 fully saturated rings. The lowest BCUT2D eigenvalue weighted by Crippen LogP contribution is -2.54. The molecule has 6 heteroatoms. The van der Waals surface area contributed by atoms with Crippen LogP contribution < -0.4 is 10.7 Å². The third kappa shape index (κ3) is 4.91. The van der Waals surface area contributed by atoms with E-state index in [0.717, 1.165) is 0 Å². The minimum atomic E-state index is -0.546. The van der Waals surface area contributed by atoms with Gasteiger partial charge in [0.25, 0.3) is 0 Å².